The van der Waals surface area contributed by atoms with Crippen molar-refractivity contribution in [1.29, 1.82) is 0 Å². The van der Waals surface area contributed by atoms with E-state index in [1.165, 1.54) is 28.4 Å². The van der Waals surface area contributed by atoms with Crippen LogP contribution in [0.15, 0.2) is 0 Å². The molecule has 0 amide bonds. The van der Waals surface area contributed by atoms with Crippen LogP contribution >= 0.6 is 0 Å². The van der Waals surface area contributed by atoms with Gasteiger partial charge in [0.05, 0.1) is 50.3 Å². The van der Waals surface area contributed by atoms with Crippen LogP contribution in [0.1, 0.15) is 0 Å². The second kappa shape index (κ2) is 30.5. The summed E-state index contributed by atoms with van der Waals surface area (Å²) in [6.07, 6.45) is 0. The van der Waals surface area contributed by atoms with Gasteiger partial charge in [-0.1, -0.05) is 0 Å². The van der Waals surface area contributed by atoms with E-state index in [1.807, 2.05) is 0 Å². The summed E-state index contributed by atoms with van der Waals surface area (Å²) in [5, 5.41) is 37.5. The van der Waals surface area contributed by atoms with Crippen LogP contribution in [-0.4, -0.2) is 78.7 Å². The summed E-state index contributed by atoms with van der Waals surface area (Å²) in [7, 11) is 5.21. The molecular formula is C12H20O12Zr. The van der Waals surface area contributed by atoms with E-state index in [-0.39, 0.29) is 52.6 Å². The summed E-state index contributed by atoms with van der Waals surface area (Å²) in [4.78, 5) is 37.5. The van der Waals surface area contributed by atoms with Gasteiger partial charge in [-0.3, -0.25) is 0 Å². The Balaban J connectivity index is -0.0000000702. The van der Waals surface area contributed by atoms with Crippen LogP contribution in [0.4, 0.5) is 0 Å². The molecule has 0 N–H and O–H groups in total. The number of carboxylic acids is 4. The van der Waals surface area contributed by atoms with Crippen molar-refractivity contribution in [2.75, 3.05) is 54.9 Å². The Labute approximate surface area is 163 Å². The second-order valence-corrected chi connectivity index (χ2v) is 3.22. The van der Waals surface area contributed by atoms with Crippen molar-refractivity contribution in [3.63, 3.8) is 0 Å². The van der Waals surface area contributed by atoms with Gasteiger partial charge in [0.25, 0.3) is 0 Å². The average Bonchev–Trinajstić information content (AvgIpc) is 2.39. The van der Waals surface area contributed by atoms with E-state index in [0.29, 0.717) is 0 Å². The van der Waals surface area contributed by atoms with Crippen LogP contribution in [0, 0.1) is 0 Å². The number of aliphatic carboxylic acids is 4. The van der Waals surface area contributed by atoms with Gasteiger partial charge < -0.3 is 58.6 Å². The van der Waals surface area contributed by atoms with Crippen molar-refractivity contribution in [1.82, 2.24) is 0 Å². The molecule has 12 nitrogen and oxygen atoms in total. The van der Waals surface area contributed by atoms with Crippen LogP contribution in [0.2, 0.25) is 0 Å². The standard InChI is InChI=1S/4C3H6O3.Zr/c4*1-6-2-3(4)5;/h4*2H2,1H3,(H,4,5);/q;;;;+4/p-4. The molecule has 144 valence electrons. The molecule has 0 bridgehead atoms. The Morgan fingerprint density at radius 2 is 0.640 bits per heavy atom. The zero-order valence-electron chi connectivity index (χ0n) is 14.2. The van der Waals surface area contributed by atoms with Crippen molar-refractivity contribution in [2.45, 2.75) is 0 Å². The molecule has 25 heavy (non-hydrogen) atoms. The van der Waals surface area contributed by atoms with E-state index in [2.05, 4.69) is 18.9 Å². The molecule has 0 aliphatic carbocycles. The number of rotatable bonds is 8. The van der Waals surface area contributed by atoms with Gasteiger partial charge in [0.1, 0.15) is 0 Å². The zero-order valence-corrected chi connectivity index (χ0v) is 16.7. The second-order valence-electron chi connectivity index (χ2n) is 3.22. The van der Waals surface area contributed by atoms with Gasteiger partial charge in [-0.25, -0.2) is 0 Å². The fraction of sp³-hybridized carbons (Fsp3) is 0.667. The summed E-state index contributed by atoms with van der Waals surface area (Å²) in [5.74, 6) is -4.73. The van der Waals surface area contributed by atoms with Crippen LogP contribution in [0.25, 0.3) is 0 Å². The van der Waals surface area contributed by atoms with Gasteiger partial charge in [-0.05, 0) is 0 Å². The molecule has 0 saturated heterocycles. The molecule has 0 unspecified atom stereocenters. The van der Waals surface area contributed by atoms with Gasteiger partial charge >= 0.3 is 26.2 Å². The maximum absolute atomic E-state index is 9.36. The number of carbonyl (C=O) groups excluding carboxylic acids is 4. The molecule has 0 saturated carbocycles. The third-order valence-corrected chi connectivity index (χ3v) is 1.05. The minimum Gasteiger partial charge on any atom is -0.548 e. The summed E-state index contributed by atoms with van der Waals surface area (Å²) in [5.41, 5.74) is 0. The Kier molecular flexibility index (Phi) is 42.5. The minimum absolute atomic E-state index is 0. The predicted molar refractivity (Wildman–Crippen MR) is 67.5 cm³/mol. The molecule has 0 heterocycles. The number of carbonyl (C=O) groups is 4. The van der Waals surface area contributed by atoms with Gasteiger partial charge in [0, 0.05) is 28.4 Å². The number of hydrogen-bond donors (Lipinski definition) is 0. The Hall–Kier alpha value is -1.40. The molecular weight excluding hydrogens is 427 g/mol. The number of methoxy groups -OCH3 is 4. The van der Waals surface area contributed by atoms with Gasteiger partial charge in [0.15, 0.2) is 0 Å². The molecule has 0 aromatic rings. The first-order valence-corrected chi connectivity index (χ1v) is 5.83. The normalized spacial score (nSPS) is 7.84. The van der Waals surface area contributed by atoms with Gasteiger partial charge in [0.2, 0.25) is 0 Å². The fourth-order valence-electron chi connectivity index (χ4n) is 0.471. The molecule has 0 aliphatic heterocycles. The van der Waals surface area contributed by atoms with E-state index < -0.39 is 23.9 Å². The molecule has 0 fully saturated rings. The maximum atomic E-state index is 9.36. The van der Waals surface area contributed by atoms with Crippen LogP contribution < -0.4 is 20.4 Å². The molecule has 0 spiro atoms. The van der Waals surface area contributed by atoms with Crippen LogP contribution in [0.3, 0.4) is 0 Å². The van der Waals surface area contributed by atoms with E-state index in [4.69, 9.17) is 0 Å². The van der Waals surface area contributed by atoms with Crippen molar-refractivity contribution in [3.8, 4) is 0 Å². The SMILES string of the molecule is COCC(=O)[O-].COCC(=O)[O-].COCC(=O)[O-].COCC(=O)[O-].[Zr+4]. The fourth-order valence-corrected chi connectivity index (χ4v) is 0.471. The Morgan fingerprint density at radius 3 is 0.640 bits per heavy atom. The van der Waals surface area contributed by atoms with Crippen LogP contribution in [-0.2, 0) is 64.3 Å². The molecule has 0 radical (unpaired) electrons. The molecule has 13 heteroatoms. The first kappa shape index (κ1) is 34.8. The first-order valence-electron chi connectivity index (χ1n) is 5.83. The number of carboxylic acid groups (broad SMARTS) is 4. The van der Waals surface area contributed by atoms with E-state index >= 15 is 0 Å². The molecule has 0 aromatic heterocycles. The Bertz CT molecular complexity index is 270. The maximum Gasteiger partial charge on any atom is 4.00 e. The topological polar surface area (TPSA) is 197 Å². The third-order valence-electron chi connectivity index (χ3n) is 1.05. The van der Waals surface area contributed by atoms with Crippen molar-refractivity contribution >= 4 is 23.9 Å². The summed E-state index contributed by atoms with van der Waals surface area (Å²) < 4.78 is 16.6. The Morgan fingerprint density at radius 1 is 0.520 bits per heavy atom. The molecule has 0 aliphatic rings. The van der Waals surface area contributed by atoms with Gasteiger partial charge in [-0.15, -0.1) is 0 Å². The largest absolute Gasteiger partial charge is 4.00 e. The molecule has 0 atom stereocenters. The van der Waals surface area contributed by atoms with Crippen LogP contribution in [0.5, 0.6) is 0 Å². The molecule has 0 rings (SSSR count). The average molecular weight is 448 g/mol. The number of ether oxygens (including phenoxy) is 4. The quantitative estimate of drug-likeness (QED) is 0.341. The van der Waals surface area contributed by atoms with Crippen molar-refractivity contribution in [3.05, 3.63) is 0 Å². The van der Waals surface area contributed by atoms with Gasteiger partial charge in [-0.2, -0.15) is 0 Å². The third kappa shape index (κ3) is 85.3. The molecule has 0 aromatic carbocycles. The summed E-state index contributed by atoms with van der Waals surface area (Å²) in [6.45, 7) is -1.28. The van der Waals surface area contributed by atoms with Crippen molar-refractivity contribution in [2.24, 2.45) is 0 Å². The minimum atomic E-state index is -1.18. The smallest absolute Gasteiger partial charge is 0.548 e. The van der Waals surface area contributed by atoms with E-state index in [0.717, 1.165) is 0 Å². The predicted octanol–water partition coefficient (Wildman–Crippen LogP) is -6.47. The monoisotopic (exact) mass is 446 g/mol. The number of hydrogen-bond acceptors (Lipinski definition) is 12. The zero-order chi connectivity index (χ0) is 20.0. The van der Waals surface area contributed by atoms with E-state index in [1.54, 1.807) is 0 Å². The van der Waals surface area contributed by atoms with Crippen molar-refractivity contribution < 1.29 is 84.8 Å². The first-order chi connectivity index (χ1) is 11.1. The van der Waals surface area contributed by atoms with E-state index in [9.17, 15) is 39.6 Å². The summed E-state index contributed by atoms with van der Waals surface area (Å²) >= 11 is 0. The summed E-state index contributed by atoms with van der Waals surface area (Å²) in [6, 6.07) is 0.